The highest BCUT2D eigenvalue weighted by Crippen LogP contribution is 2.29. The van der Waals surface area contributed by atoms with Crippen LogP contribution in [0.15, 0.2) is 78.0 Å². The fourth-order valence-electron chi connectivity index (χ4n) is 3.92. The third kappa shape index (κ3) is 6.20. The number of aliphatic imine (C=N–C) groups is 1. The van der Waals surface area contributed by atoms with Gasteiger partial charge in [0, 0.05) is 36.6 Å². The molecule has 2 N–H and O–H groups in total. The number of para-hydroxylation sites is 1. The van der Waals surface area contributed by atoms with Crippen molar-refractivity contribution in [2.75, 3.05) is 18.0 Å². The van der Waals surface area contributed by atoms with E-state index in [1.54, 1.807) is 81.6 Å². The van der Waals surface area contributed by atoms with Crippen molar-refractivity contribution in [2.45, 2.75) is 32.5 Å². The number of hydrogen-bond donors (Lipinski definition) is 2. The molecule has 1 aromatic heterocycles. The summed E-state index contributed by atoms with van der Waals surface area (Å²) < 4.78 is 20.3. The molecule has 2 aromatic carbocycles. The topological polar surface area (TPSA) is 113 Å². The van der Waals surface area contributed by atoms with Crippen LogP contribution in [0.3, 0.4) is 0 Å². The van der Waals surface area contributed by atoms with Gasteiger partial charge in [0.2, 0.25) is 6.17 Å². The molecule has 9 nitrogen and oxygen atoms in total. The summed E-state index contributed by atoms with van der Waals surface area (Å²) in [5, 5.41) is 5.29. The molecule has 0 saturated carbocycles. The lowest BCUT2D eigenvalue weighted by molar-refractivity contribution is -0.120. The van der Waals surface area contributed by atoms with Gasteiger partial charge in [-0.2, -0.15) is 0 Å². The molecule has 38 heavy (non-hydrogen) atoms. The van der Waals surface area contributed by atoms with Gasteiger partial charge in [0.1, 0.15) is 11.4 Å². The number of carbonyl (C=O) groups is 3. The minimum Gasteiger partial charge on any atom is -0.444 e. The minimum atomic E-state index is -1.40. The molecule has 2 heterocycles. The first-order valence-electron chi connectivity index (χ1n) is 12.1. The van der Waals surface area contributed by atoms with Crippen LogP contribution in [-0.2, 0) is 9.53 Å². The summed E-state index contributed by atoms with van der Waals surface area (Å²) in [6.07, 6.45) is 0.759. The zero-order valence-corrected chi connectivity index (χ0v) is 21.3. The number of nitrogens with zero attached hydrogens (tertiary/aromatic N) is 3. The number of carbonyl (C=O) groups excluding carboxylic acids is 3. The molecule has 1 aliphatic rings. The Hall–Kier alpha value is -4.60. The Morgan fingerprint density at radius 2 is 1.74 bits per heavy atom. The number of benzodiazepines with no additional fused rings is 1. The Labute approximate surface area is 219 Å². The largest absolute Gasteiger partial charge is 0.444 e. The Balaban J connectivity index is 1.69. The maximum absolute atomic E-state index is 14.9. The van der Waals surface area contributed by atoms with E-state index < -0.39 is 29.6 Å². The average Bonchev–Trinajstić information content (AvgIpc) is 2.99. The molecule has 0 saturated heterocycles. The zero-order valence-electron chi connectivity index (χ0n) is 21.3. The molecule has 1 atom stereocenters. The number of aromatic nitrogens is 1. The summed E-state index contributed by atoms with van der Waals surface area (Å²) in [5.74, 6) is -1.44. The van der Waals surface area contributed by atoms with Crippen molar-refractivity contribution in [1.82, 2.24) is 15.6 Å². The highest BCUT2D eigenvalue weighted by Gasteiger charge is 2.34. The standard InChI is InChI=1S/C28H28FN5O4/c1-28(2,3)38-27(37)33-24-26(36)34(16-15-31-25(35)18-9-8-14-30-17-18)22-13-7-5-11-20(22)23(32-24)19-10-4-6-12-21(19)29/h4-14,17,24H,15-16H2,1-3H3,(H,31,35)(H,33,37). The smallest absolute Gasteiger partial charge is 0.409 e. The monoisotopic (exact) mass is 517 g/mol. The molecule has 3 amide bonds. The van der Waals surface area contributed by atoms with Crippen LogP contribution < -0.4 is 15.5 Å². The normalized spacial score (nSPS) is 15.2. The van der Waals surface area contributed by atoms with Crippen LogP contribution in [0.2, 0.25) is 0 Å². The fraction of sp³-hybridized carbons (Fsp3) is 0.250. The first-order valence-corrected chi connectivity index (χ1v) is 12.1. The van der Waals surface area contributed by atoms with E-state index in [1.165, 1.54) is 17.2 Å². The number of rotatable bonds is 6. The molecule has 10 heteroatoms. The molecular weight excluding hydrogens is 489 g/mol. The van der Waals surface area contributed by atoms with Crippen molar-refractivity contribution in [3.05, 3.63) is 95.6 Å². The molecule has 0 fully saturated rings. The Bertz CT molecular complexity index is 1370. The van der Waals surface area contributed by atoms with Gasteiger partial charge in [-0.15, -0.1) is 0 Å². The molecule has 0 spiro atoms. The second kappa shape index (κ2) is 11.2. The van der Waals surface area contributed by atoms with Gasteiger partial charge in [0.15, 0.2) is 0 Å². The van der Waals surface area contributed by atoms with E-state index in [1.807, 2.05) is 0 Å². The predicted octanol–water partition coefficient (Wildman–Crippen LogP) is 3.69. The van der Waals surface area contributed by atoms with Gasteiger partial charge in [-0.1, -0.05) is 30.3 Å². The van der Waals surface area contributed by atoms with Crippen molar-refractivity contribution in [1.29, 1.82) is 0 Å². The SMILES string of the molecule is CC(C)(C)OC(=O)NC1N=C(c2ccccc2F)c2ccccc2N(CCNC(=O)c2cccnc2)C1=O. The van der Waals surface area contributed by atoms with E-state index in [-0.39, 0.29) is 30.3 Å². The van der Waals surface area contributed by atoms with Gasteiger partial charge in [0.05, 0.1) is 17.0 Å². The van der Waals surface area contributed by atoms with Gasteiger partial charge in [-0.25, -0.2) is 14.2 Å². The number of anilines is 1. The maximum atomic E-state index is 14.9. The van der Waals surface area contributed by atoms with E-state index in [2.05, 4.69) is 20.6 Å². The lowest BCUT2D eigenvalue weighted by Crippen LogP contribution is -2.50. The summed E-state index contributed by atoms with van der Waals surface area (Å²) in [6, 6.07) is 16.3. The number of halogens is 1. The van der Waals surface area contributed by atoms with Gasteiger partial charge in [-0.05, 0) is 51.1 Å². The molecule has 1 aliphatic heterocycles. The van der Waals surface area contributed by atoms with Gasteiger partial charge < -0.3 is 15.0 Å². The first-order chi connectivity index (χ1) is 18.1. The van der Waals surface area contributed by atoms with Crippen molar-refractivity contribution in [3.63, 3.8) is 0 Å². The van der Waals surface area contributed by atoms with Crippen LogP contribution in [0.5, 0.6) is 0 Å². The summed E-state index contributed by atoms with van der Waals surface area (Å²) in [5.41, 5.74) is 0.909. The van der Waals surface area contributed by atoms with Gasteiger partial charge >= 0.3 is 6.09 Å². The lowest BCUT2D eigenvalue weighted by Gasteiger charge is -2.26. The summed E-state index contributed by atoms with van der Waals surface area (Å²) in [6.45, 7) is 5.25. The number of fused-ring (bicyclic) bond motifs is 1. The number of nitrogens with one attached hydrogen (secondary N) is 2. The Morgan fingerprint density at radius 1 is 1.03 bits per heavy atom. The summed E-state index contributed by atoms with van der Waals surface area (Å²) in [4.78, 5) is 48.8. The van der Waals surface area contributed by atoms with E-state index in [0.29, 0.717) is 16.8 Å². The second-order valence-electron chi connectivity index (χ2n) is 9.51. The van der Waals surface area contributed by atoms with E-state index >= 15 is 0 Å². The quantitative estimate of drug-likeness (QED) is 0.518. The van der Waals surface area contributed by atoms with E-state index in [0.717, 1.165) is 0 Å². The van der Waals surface area contributed by atoms with Crippen LogP contribution in [-0.4, -0.2) is 53.5 Å². The molecule has 3 aromatic rings. The lowest BCUT2D eigenvalue weighted by atomic mass is 9.99. The van der Waals surface area contributed by atoms with Crippen LogP contribution >= 0.6 is 0 Å². The Kier molecular flexibility index (Phi) is 7.80. The molecule has 1 unspecified atom stereocenters. The minimum absolute atomic E-state index is 0.0639. The van der Waals surface area contributed by atoms with Crippen molar-refractivity contribution < 1.29 is 23.5 Å². The number of hydrogen-bond acceptors (Lipinski definition) is 6. The molecule has 4 rings (SSSR count). The third-order valence-electron chi connectivity index (χ3n) is 5.54. The van der Waals surface area contributed by atoms with Crippen molar-refractivity contribution in [3.8, 4) is 0 Å². The molecule has 0 aliphatic carbocycles. The van der Waals surface area contributed by atoms with E-state index in [9.17, 15) is 18.8 Å². The number of alkyl carbamates (subject to hydrolysis) is 1. The summed E-state index contributed by atoms with van der Waals surface area (Å²) in [7, 11) is 0. The van der Waals surface area contributed by atoms with Gasteiger partial charge in [0.25, 0.3) is 11.8 Å². The van der Waals surface area contributed by atoms with Crippen LogP contribution in [0.25, 0.3) is 0 Å². The van der Waals surface area contributed by atoms with Crippen molar-refractivity contribution >= 4 is 29.3 Å². The number of pyridine rings is 1. The summed E-state index contributed by atoms with van der Waals surface area (Å²) >= 11 is 0. The molecular formula is C28H28FN5O4. The second-order valence-corrected chi connectivity index (χ2v) is 9.51. The van der Waals surface area contributed by atoms with Gasteiger partial charge in [-0.3, -0.25) is 19.9 Å². The number of amides is 3. The predicted molar refractivity (Wildman–Crippen MR) is 141 cm³/mol. The van der Waals surface area contributed by atoms with E-state index in [4.69, 9.17) is 4.74 Å². The number of ether oxygens (including phenoxy) is 1. The maximum Gasteiger partial charge on any atom is 0.409 e. The van der Waals surface area contributed by atoms with Crippen LogP contribution in [0, 0.1) is 5.82 Å². The molecule has 0 radical (unpaired) electrons. The molecule has 0 bridgehead atoms. The highest BCUT2D eigenvalue weighted by molar-refractivity contribution is 6.20. The van der Waals surface area contributed by atoms with Crippen molar-refractivity contribution in [2.24, 2.45) is 4.99 Å². The fourth-order valence-corrected chi connectivity index (χ4v) is 3.92. The zero-order chi connectivity index (χ0) is 27.3. The van der Waals surface area contributed by atoms with Crippen LogP contribution in [0.4, 0.5) is 14.9 Å². The average molecular weight is 518 g/mol. The Morgan fingerprint density at radius 3 is 2.42 bits per heavy atom. The third-order valence-corrected chi connectivity index (χ3v) is 5.54. The molecule has 196 valence electrons. The number of benzene rings is 2. The van der Waals surface area contributed by atoms with Crippen LogP contribution in [0.1, 0.15) is 42.3 Å². The highest BCUT2D eigenvalue weighted by atomic mass is 19.1. The first kappa shape index (κ1) is 26.5.